The molecule has 1 amide bonds. The molecular weight excluding hydrogens is 393 g/mol. The van der Waals surface area contributed by atoms with Gasteiger partial charge >= 0.3 is 0 Å². The second-order valence-corrected chi connectivity index (χ2v) is 7.52. The third kappa shape index (κ3) is 3.57. The molecule has 0 unspecified atom stereocenters. The van der Waals surface area contributed by atoms with Crippen molar-refractivity contribution in [3.05, 3.63) is 60.7 Å². The first-order valence-electron chi connectivity index (χ1n) is 6.40. The molecule has 0 saturated carbocycles. The van der Waals surface area contributed by atoms with Gasteiger partial charge in [-0.25, -0.2) is 4.98 Å². The van der Waals surface area contributed by atoms with Crippen molar-refractivity contribution in [3.8, 4) is 10.6 Å². The molecule has 0 aliphatic rings. The van der Waals surface area contributed by atoms with Crippen LogP contribution >= 0.6 is 45.9 Å². The predicted molar refractivity (Wildman–Crippen MR) is 96.5 cm³/mol. The number of anilines is 1. The Balaban J connectivity index is 1.84. The number of carbonyl (C=O) groups is 1. The van der Waals surface area contributed by atoms with Crippen molar-refractivity contribution >= 4 is 62.6 Å². The Kier molecular flexibility index (Phi) is 4.81. The van der Waals surface area contributed by atoms with Crippen molar-refractivity contribution in [2.75, 3.05) is 5.32 Å². The average Bonchev–Trinajstić information content (AvgIpc) is 3.15. The van der Waals surface area contributed by atoms with E-state index in [1.807, 2.05) is 6.07 Å². The molecule has 1 aromatic carbocycles. The monoisotopic (exact) mass is 399 g/mol. The zero-order chi connectivity index (χ0) is 17.3. The highest BCUT2D eigenvalue weighted by Crippen LogP contribution is 2.33. The summed E-state index contributed by atoms with van der Waals surface area (Å²) < 4.78 is 0.637. The number of thiazole rings is 1. The van der Waals surface area contributed by atoms with Gasteiger partial charge < -0.3 is 0 Å². The van der Waals surface area contributed by atoms with Crippen molar-refractivity contribution in [1.82, 2.24) is 4.98 Å². The molecule has 0 aliphatic carbocycles. The van der Waals surface area contributed by atoms with Crippen molar-refractivity contribution in [1.29, 1.82) is 0 Å². The van der Waals surface area contributed by atoms with Gasteiger partial charge in [-0.15, -0.1) is 22.7 Å². The van der Waals surface area contributed by atoms with E-state index in [1.165, 1.54) is 40.9 Å². The number of hydrogen-bond donors (Lipinski definition) is 1. The highest BCUT2D eigenvalue weighted by atomic mass is 35.5. The van der Waals surface area contributed by atoms with Crippen LogP contribution in [0.3, 0.4) is 0 Å². The molecule has 1 N–H and O–H groups in total. The standard InChI is InChI=1S/C14H7Cl2N3O3S2/c15-7-1-2-10(19(21)22)8(5-7)13(20)18-14-17-9(6-23-14)11-3-4-12(16)24-11/h1-6H,(H,17,18,20). The van der Waals surface area contributed by atoms with E-state index in [0.717, 1.165) is 4.88 Å². The van der Waals surface area contributed by atoms with Gasteiger partial charge in [0, 0.05) is 16.5 Å². The first-order valence-corrected chi connectivity index (χ1v) is 8.86. The number of nitrogens with one attached hydrogen (secondary N) is 1. The van der Waals surface area contributed by atoms with E-state index in [0.29, 0.717) is 15.2 Å². The topological polar surface area (TPSA) is 85.1 Å². The van der Waals surface area contributed by atoms with E-state index in [9.17, 15) is 14.9 Å². The fourth-order valence-corrected chi connectivity index (χ4v) is 3.87. The van der Waals surface area contributed by atoms with Gasteiger partial charge in [0.25, 0.3) is 11.6 Å². The highest BCUT2D eigenvalue weighted by molar-refractivity contribution is 7.20. The lowest BCUT2D eigenvalue weighted by Crippen LogP contribution is -2.13. The number of aromatic nitrogens is 1. The Morgan fingerprint density at radius 1 is 1.25 bits per heavy atom. The number of carbonyl (C=O) groups excluding carboxylic acids is 1. The largest absolute Gasteiger partial charge is 0.298 e. The summed E-state index contributed by atoms with van der Waals surface area (Å²) in [5.41, 5.74) is 0.231. The molecular formula is C14H7Cl2N3O3S2. The molecule has 0 spiro atoms. The molecule has 0 radical (unpaired) electrons. The van der Waals surface area contributed by atoms with Crippen LogP contribution in [0.2, 0.25) is 9.36 Å². The van der Waals surface area contributed by atoms with Crippen LogP contribution in [0.4, 0.5) is 10.8 Å². The number of rotatable bonds is 4. The number of nitrogens with zero attached hydrogens (tertiary/aromatic N) is 2. The van der Waals surface area contributed by atoms with E-state index in [-0.39, 0.29) is 16.3 Å². The number of amides is 1. The molecule has 3 aromatic rings. The smallest absolute Gasteiger partial charge is 0.282 e. The number of thiophene rings is 1. The molecule has 0 saturated heterocycles. The van der Waals surface area contributed by atoms with Gasteiger partial charge in [0.2, 0.25) is 0 Å². The van der Waals surface area contributed by atoms with Gasteiger partial charge in [0.05, 0.1) is 19.8 Å². The minimum Gasteiger partial charge on any atom is -0.298 e. The average molecular weight is 400 g/mol. The van der Waals surface area contributed by atoms with Crippen LogP contribution < -0.4 is 5.32 Å². The molecule has 2 aromatic heterocycles. The third-order valence-corrected chi connectivity index (χ3v) is 5.20. The van der Waals surface area contributed by atoms with E-state index in [4.69, 9.17) is 23.2 Å². The number of nitro benzene ring substituents is 1. The minimum atomic E-state index is -0.644. The molecule has 0 aliphatic heterocycles. The summed E-state index contributed by atoms with van der Waals surface area (Å²) >= 11 is 14.3. The molecule has 2 heterocycles. The van der Waals surface area contributed by atoms with Crippen molar-refractivity contribution < 1.29 is 9.72 Å². The van der Waals surface area contributed by atoms with Crippen molar-refractivity contribution in [2.45, 2.75) is 0 Å². The lowest BCUT2D eigenvalue weighted by molar-refractivity contribution is -0.385. The van der Waals surface area contributed by atoms with Crippen molar-refractivity contribution in [3.63, 3.8) is 0 Å². The number of benzene rings is 1. The molecule has 122 valence electrons. The Bertz CT molecular complexity index is 939. The van der Waals surface area contributed by atoms with Crippen LogP contribution in [0, 0.1) is 10.1 Å². The Labute approximate surface area is 153 Å². The van der Waals surface area contributed by atoms with E-state index < -0.39 is 10.8 Å². The summed E-state index contributed by atoms with van der Waals surface area (Å²) in [5.74, 6) is -0.644. The maximum atomic E-state index is 12.3. The summed E-state index contributed by atoms with van der Waals surface area (Å²) in [6.07, 6.45) is 0. The van der Waals surface area contributed by atoms with Gasteiger partial charge in [0.15, 0.2) is 5.13 Å². The SMILES string of the molecule is O=C(Nc1nc(-c2ccc(Cl)s2)cs1)c1cc(Cl)ccc1[N+](=O)[O-]. The lowest BCUT2D eigenvalue weighted by Gasteiger charge is -2.03. The maximum absolute atomic E-state index is 12.3. The van der Waals surface area contributed by atoms with Crippen molar-refractivity contribution in [2.24, 2.45) is 0 Å². The fraction of sp³-hybridized carbons (Fsp3) is 0. The van der Waals surface area contributed by atoms with Crippen LogP contribution in [0.15, 0.2) is 35.7 Å². The van der Waals surface area contributed by atoms with Crippen LogP contribution in [0.25, 0.3) is 10.6 Å². The summed E-state index contributed by atoms with van der Waals surface area (Å²) in [6.45, 7) is 0. The molecule has 3 rings (SSSR count). The van der Waals surface area contributed by atoms with Crippen LogP contribution in [0.5, 0.6) is 0 Å². The lowest BCUT2D eigenvalue weighted by atomic mass is 10.1. The number of halogens is 2. The Morgan fingerprint density at radius 2 is 2.04 bits per heavy atom. The zero-order valence-electron chi connectivity index (χ0n) is 11.7. The van der Waals surface area contributed by atoms with Gasteiger partial charge in [-0.1, -0.05) is 23.2 Å². The molecule has 10 heteroatoms. The molecule has 6 nitrogen and oxygen atoms in total. The molecule has 0 fully saturated rings. The molecule has 0 bridgehead atoms. The summed E-state index contributed by atoms with van der Waals surface area (Å²) in [7, 11) is 0. The predicted octanol–water partition coefficient (Wildman–Crippen LogP) is 5.34. The summed E-state index contributed by atoms with van der Waals surface area (Å²) in [4.78, 5) is 27.9. The normalized spacial score (nSPS) is 10.6. The van der Waals surface area contributed by atoms with Gasteiger partial charge in [-0.05, 0) is 24.3 Å². The summed E-state index contributed by atoms with van der Waals surface area (Å²) in [5, 5.41) is 15.9. The molecule has 24 heavy (non-hydrogen) atoms. The van der Waals surface area contributed by atoms with Gasteiger partial charge in [-0.2, -0.15) is 0 Å². The quantitative estimate of drug-likeness (QED) is 0.473. The Morgan fingerprint density at radius 3 is 2.71 bits per heavy atom. The van der Waals surface area contributed by atoms with E-state index >= 15 is 0 Å². The Hall–Kier alpha value is -2.00. The number of nitro groups is 1. The highest BCUT2D eigenvalue weighted by Gasteiger charge is 2.21. The zero-order valence-corrected chi connectivity index (χ0v) is 14.8. The van der Waals surface area contributed by atoms with Crippen LogP contribution in [0.1, 0.15) is 10.4 Å². The first-order chi connectivity index (χ1) is 11.4. The minimum absolute atomic E-state index is 0.122. The van der Waals surface area contributed by atoms with Gasteiger partial charge in [-0.3, -0.25) is 20.2 Å². The van der Waals surface area contributed by atoms with Crippen LogP contribution in [-0.4, -0.2) is 15.8 Å². The first kappa shape index (κ1) is 16.8. The fourth-order valence-electron chi connectivity index (χ4n) is 1.91. The van der Waals surface area contributed by atoms with Gasteiger partial charge in [0.1, 0.15) is 5.56 Å². The third-order valence-electron chi connectivity index (χ3n) is 2.95. The molecule has 0 atom stereocenters. The second kappa shape index (κ2) is 6.86. The number of hydrogen-bond acceptors (Lipinski definition) is 6. The van der Waals surface area contributed by atoms with E-state index in [2.05, 4.69) is 10.3 Å². The second-order valence-electron chi connectivity index (χ2n) is 4.51. The van der Waals surface area contributed by atoms with E-state index in [1.54, 1.807) is 11.4 Å². The van der Waals surface area contributed by atoms with Crippen LogP contribution in [-0.2, 0) is 0 Å². The summed E-state index contributed by atoms with van der Waals surface area (Å²) in [6, 6.07) is 7.39. The maximum Gasteiger partial charge on any atom is 0.282 e.